The van der Waals surface area contributed by atoms with E-state index < -0.39 is 0 Å². The van der Waals surface area contributed by atoms with Gasteiger partial charge in [-0.2, -0.15) is 0 Å². The molecule has 0 spiro atoms. The molecule has 0 aromatic carbocycles. The lowest BCUT2D eigenvalue weighted by molar-refractivity contribution is 0.312. The third-order valence-corrected chi connectivity index (χ3v) is 0. The van der Waals surface area contributed by atoms with Crippen molar-refractivity contribution in [2.75, 3.05) is 0 Å². The van der Waals surface area contributed by atoms with E-state index in [-0.39, 0.29) is 66.6 Å². The van der Waals surface area contributed by atoms with E-state index in [1.807, 2.05) is 0 Å². The highest BCUT2D eigenvalue weighted by Crippen LogP contribution is 1.25. The molecule has 0 aromatic rings. The van der Waals surface area contributed by atoms with Crippen LogP contribution in [-0.2, 0) is 0 Å². The van der Waals surface area contributed by atoms with Crippen molar-refractivity contribution in [3.63, 3.8) is 0 Å². The predicted molar refractivity (Wildman–Crippen MR) is 50.0 cm³/mol. The lowest BCUT2D eigenvalue weighted by Crippen LogP contribution is -1.25. The first-order valence-electron chi connectivity index (χ1n) is 0.383. The normalized spacial score (nSPS) is 0.923. The molecule has 0 aliphatic rings. The van der Waals surface area contributed by atoms with Crippen LogP contribution in [0.1, 0.15) is 0 Å². The number of hydrogen-bond acceptors (Lipinski definition) is 2. The van der Waals surface area contributed by atoms with E-state index in [1.165, 1.54) is 5.34 Å². The Bertz CT molecular complexity index is 17.6. The molecule has 0 aliphatic carbocycles. The summed E-state index contributed by atoms with van der Waals surface area (Å²) in [5, 5.41) is 7.89. The van der Waals surface area contributed by atoms with Gasteiger partial charge in [0.15, 0.2) is 22.7 Å². The standard InChI is InChI=1S/Al.HNO2.9H2O.3H/c;2-1-3;;;;;;;;;;;;/h;(H,2,3);9*1H2;;;. The van der Waals surface area contributed by atoms with Crippen LogP contribution in [0.25, 0.3) is 0 Å². The molecule has 13 heavy (non-hydrogen) atoms. The smallest absolute Gasteiger partial charge is 0.187 e. The molecule has 0 saturated heterocycles. The maximum absolute atomic E-state index is 8.11. The first kappa shape index (κ1) is 681. The van der Waals surface area contributed by atoms with Crippen molar-refractivity contribution in [1.29, 1.82) is 0 Å². The topological polar surface area (TPSA) is 333 Å². The summed E-state index contributed by atoms with van der Waals surface area (Å²) in [5.74, 6) is 0. The minimum Gasteiger partial charge on any atom is -0.412 e. The van der Waals surface area contributed by atoms with Gasteiger partial charge < -0.3 is 54.5 Å². The van der Waals surface area contributed by atoms with Crippen LogP contribution in [0.2, 0.25) is 0 Å². The first-order chi connectivity index (χ1) is 1.41. The summed E-state index contributed by atoms with van der Waals surface area (Å²) in [6.07, 6.45) is 0. The van der Waals surface area contributed by atoms with Gasteiger partial charge in [-0.3, -0.25) is 0 Å². The van der Waals surface area contributed by atoms with E-state index >= 15 is 0 Å². The molecule has 0 unspecified atom stereocenters. The molecule has 0 radical (unpaired) electrons. The van der Waals surface area contributed by atoms with E-state index in [9.17, 15) is 0 Å². The monoisotopic (exact) mass is 239 g/mol. The van der Waals surface area contributed by atoms with Crippen molar-refractivity contribution in [1.82, 2.24) is 0 Å². The van der Waals surface area contributed by atoms with Crippen LogP contribution in [0.5, 0.6) is 0 Å². The highest BCUT2D eigenvalue weighted by Gasteiger charge is 1.18. The predicted octanol–water partition coefficient (Wildman–Crippen LogP) is -8.46. The highest BCUT2D eigenvalue weighted by molar-refractivity contribution is 5.75. The summed E-state index contributed by atoms with van der Waals surface area (Å²) < 4.78 is 0. The lowest BCUT2D eigenvalue weighted by atomic mass is 13.4. The van der Waals surface area contributed by atoms with Crippen LogP contribution in [0.15, 0.2) is 5.34 Å². The Labute approximate surface area is 83.0 Å². The average Bonchev–Trinajstić information content (AvgIpc) is 0.918. The van der Waals surface area contributed by atoms with E-state index in [2.05, 4.69) is 0 Å². The molecule has 13 heteroatoms. The van der Waals surface area contributed by atoms with Crippen molar-refractivity contribution < 1.29 is 54.5 Å². The van der Waals surface area contributed by atoms with Crippen LogP contribution >= 0.6 is 0 Å². The van der Waals surface area contributed by atoms with Gasteiger partial charge in [-0.15, -0.1) is 4.91 Å². The van der Waals surface area contributed by atoms with Crippen LogP contribution < -0.4 is 0 Å². The van der Waals surface area contributed by atoms with Gasteiger partial charge in [0.05, 0.1) is 0 Å². The quantitative estimate of drug-likeness (QED) is 0.244. The fraction of sp³-hybridized carbons (Fsp3) is 0. The van der Waals surface area contributed by atoms with E-state index in [0.717, 1.165) is 0 Å². The van der Waals surface area contributed by atoms with Crippen molar-refractivity contribution in [2.45, 2.75) is 0 Å². The van der Waals surface area contributed by atoms with Gasteiger partial charge in [0.25, 0.3) is 0 Å². The van der Waals surface area contributed by atoms with E-state index in [1.54, 1.807) is 0 Å². The molecule has 0 aliphatic heterocycles. The van der Waals surface area contributed by atoms with Crippen molar-refractivity contribution >= 4 is 17.4 Å². The Morgan fingerprint density at radius 3 is 0.615 bits per heavy atom. The van der Waals surface area contributed by atoms with Gasteiger partial charge in [0.2, 0.25) is 0 Å². The van der Waals surface area contributed by atoms with Crippen LogP contribution in [-0.4, -0.2) is 71.9 Å². The highest BCUT2D eigenvalue weighted by atomic mass is 27.0. The number of rotatable bonds is 0. The molecule has 0 rings (SSSR count). The van der Waals surface area contributed by atoms with E-state index in [0.29, 0.717) is 0 Å². The molecular weight excluding hydrogens is 217 g/mol. The average molecular weight is 239 g/mol. The van der Waals surface area contributed by atoms with Gasteiger partial charge in [0.1, 0.15) is 0 Å². The molecular formula is H22AlNO11. The van der Waals surface area contributed by atoms with Crippen LogP contribution in [0, 0.1) is 4.91 Å². The minimum atomic E-state index is 0. The van der Waals surface area contributed by atoms with Crippen LogP contribution in [0.4, 0.5) is 0 Å². The summed E-state index contributed by atoms with van der Waals surface area (Å²) in [6.45, 7) is 0. The Morgan fingerprint density at radius 1 is 0.615 bits per heavy atom. The third kappa shape index (κ3) is 5800. The second-order valence-corrected chi connectivity index (χ2v) is 0.0816. The molecule has 12 nitrogen and oxygen atoms in total. The van der Waals surface area contributed by atoms with Crippen molar-refractivity contribution in [3.05, 3.63) is 4.91 Å². The summed E-state index contributed by atoms with van der Waals surface area (Å²) >= 11 is 0. The van der Waals surface area contributed by atoms with Gasteiger partial charge in [-0.05, 0) is 0 Å². The Hall–Kier alpha value is -0.428. The zero-order valence-electron chi connectivity index (χ0n) is 5.80. The minimum absolute atomic E-state index is 0. The summed E-state index contributed by atoms with van der Waals surface area (Å²) in [5.41, 5.74) is 0. The Balaban J connectivity index is -0.000000000444. The molecule has 0 fully saturated rings. The molecule has 0 heterocycles. The molecule has 0 saturated carbocycles. The Morgan fingerprint density at radius 2 is 0.615 bits per heavy atom. The molecule has 0 atom stereocenters. The summed E-state index contributed by atoms with van der Waals surface area (Å²) in [7, 11) is 0. The van der Waals surface area contributed by atoms with Crippen molar-refractivity contribution in [3.8, 4) is 0 Å². The second kappa shape index (κ2) is 3950. The maximum atomic E-state index is 8.11. The van der Waals surface area contributed by atoms with Gasteiger partial charge >= 0.3 is 0 Å². The molecule has 0 amide bonds. The zero-order valence-corrected chi connectivity index (χ0v) is 5.80. The van der Waals surface area contributed by atoms with Gasteiger partial charge in [-0.1, -0.05) is 0 Å². The molecule has 96 valence electrons. The maximum Gasteiger partial charge on any atom is 0.187 e. The second-order valence-electron chi connectivity index (χ2n) is 0.0816. The van der Waals surface area contributed by atoms with Crippen molar-refractivity contribution in [2.24, 2.45) is 5.34 Å². The summed E-state index contributed by atoms with van der Waals surface area (Å²) in [6, 6.07) is 0. The van der Waals surface area contributed by atoms with Crippen LogP contribution in [0.3, 0.4) is 0 Å². The van der Waals surface area contributed by atoms with E-state index in [4.69, 9.17) is 10.1 Å². The number of nitrogens with zero attached hydrogens (tertiary/aromatic N) is 1. The fourth-order valence-corrected chi connectivity index (χ4v) is 0. The zero-order chi connectivity index (χ0) is 2.71. The first-order valence-corrected chi connectivity index (χ1v) is 0.383. The Kier molecular flexibility index (Phi) is 207000. The van der Waals surface area contributed by atoms with Gasteiger partial charge in [-0.25, -0.2) is 0 Å². The SMILES string of the molecule is O.O.O.O.O.O.O.O.O.O=NO.[AlH3]. The summed E-state index contributed by atoms with van der Waals surface area (Å²) in [4.78, 5) is 8.11. The molecule has 0 aromatic heterocycles. The lowest BCUT2D eigenvalue weighted by Gasteiger charge is -1.32. The van der Waals surface area contributed by atoms with Gasteiger partial charge in [0, 0.05) is 0 Å². The largest absolute Gasteiger partial charge is 0.412 e. The molecule has 0 bridgehead atoms. The third-order valence-electron chi connectivity index (χ3n) is 0. The number of hydrogen-bond donors (Lipinski definition) is 1. The molecule has 19 N–H and O–H groups in total. The fourth-order valence-electron chi connectivity index (χ4n) is 0.